The highest BCUT2D eigenvalue weighted by Gasteiger charge is 2.21. The highest BCUT2D eigenvalue weighted by Crippen LogP contribution is 2.37. The first-order valence-corrected chi connectivity index (χ1v) is 13.0. The molecule has 1 heterocycles. The molecule has 0 aliphatic carbocycles. The first-order chi connectivity index (χ1) is 19.9. The Hall–Kier alpha value is -5.08. The van der Waals surface area contributed by atoms with E-state index in [4.69, 9.17) is 25.8 Å². The van der Waals surface area contributed by atoms with Crippen molar-refractivity contribution < 1.29 is 23.8 Å². The van der Waals surface area contributed by atoms with Gasteiger partial charge in [-0.2, -0.15) is 5.10 Å². The number of hydrogen-bond acceptors (Lipinski definition) is 6. The monoisotopic (exact) mass is 567 g/mol. The normalized spacial score (nSPS) is 11.0. The number of aromatic nitrogens is 1. The number of nitrogens with one attached hydrogen (secondary N) is 2. The Balaban J connectivity index is 1.36. The smallest absolute Gasteiger partial charge is 0.343 e. The van der Waals surface area contributed by atoms with Crippen LogP contribution in [0.15, 0.2) is 90.0 Å². The summed E-state index contributed by atoms with van der Waals surface area (Å²) in [6.45, 7) is 1.97. The number of rotatable bonds is 8. The van der Waals surface area contributed by atoms with Crippen molar-refractivity contribution in [1.82, 2.24) is 10.4 Å². The quantitative estimate of drug-likeness (QED) is 0.0929. The molecule has 0 aliphatic rings. The number of aromatic amines is 1. The van der Waals surface area contributed by atoms with E-state index in [0.717, 1.165) is 22.0 Å². The van der Waals surface area contributed by atoms with Gasteiger partial charge in [0.2, 0.25) is 0 Å². The summed E-state index contributed by atoms with van der Waals surface area (Å²) >= 11 is 6.51. The molecule has 0 radical (unpaired) electrons. The predicted octanol–water partition coefficient (Wildman–Crippen LogP) is 6.80. The lowest BCUT2D eigenvalue weighted by atomic mass is 10.0. The summed E-state index contributed by atoms with van der Waals surface area (Å²) in [4.78, 5) is 29.2. The van der Waals surface area contributed by atoms with Gasteiger partial charge >= 0.3 is 5.97 Å². The zero-order valence-corrected chi connectivity index (χ0v) is 23.3. The average Bonchev–Trinajstić information content (AvgIpc) is 3.39. The van der Waals surface area contributed by atoms with Crippen LogP contribution in [0.1, 0.15) is 32.0 Å². The number of para-hydroxylation sites is 1. The molecule has 8 nitrogen and oxygen atoms in total. The predicted molar refractivity (Wildman–Crippen MR) is 159 cm³/mol. The molecule has 41 heavy (non-hydrogen) atoms. The van der Waals surface area contributed by atoms with E-state index in [9.17, 15) is 9.59 Å². The third-order valence-electron chi connectivity index (χ3n) is 6.49. The lowest BCUT2D eigenvalue weighted by molar-refractivity contribution is 0.0729. The molecule has 0 saturated heterocycles. The van der Waals surface area contributed by atoms with E-state index in [1.807, 2.05) is 43.3 Å². The van der Waals surface area contributed by atoms with Gasteiger partial charge in [0, 0.05) is 27.1 Å². The first kappa shape index (κ1) is 27.5. The van der Waals surface area contributed by atoms with Crippen LogP contribution in [-0.2, 0) is 0 Å². The summed E-state index contributed by atoms with van der Waals surface area (Å²) in [5.74, 6) is 0.117. The fourth-order valence-electron chi connectivity index (χ4n) is 4.46. The highest BCUT2D eigenvalue weighted by molar-refractivity contribution is 6.34. The molecule has 4 aromatic carbocycles. The SMILES string of the molecule is COc1cccc(C(=O)Oc2ccc(C=NNC(=O)c3[nH]c4c(C)cccc4c3-c3ccccc3Cl)cc2OC)c1. The largest absolute Gasteiger partial charge is 0.497 e. The minimum Gasteiger partial charge on any atom is -0.497 e. The van der Waals surface area contributed by atoms with Crippen LogP contribution in [0.2, 0.25) is 5.02 Å². The van der Waals surface area contributed by atoms with Crippen LogP contribution in [0.5, 0.6) is 17.2 Å². The number of carbonyl (C=O) groups excluding carboxylic acids is 2. The van der Waals surface area contributed by atoms with E-state index in [-0.39, 0.29) is 5.75 Å². The Bertz CT molecular complexity index is 1790. The topological polar surface area (TPSA) is 102 Å². The van der Waals surface area contributed by atoms with Gasteiger partial charge < -0.3 is 19.2 Å². The van der Waals surface area contributed by atoms with Gasteiger partial charge in [-0.15, -0.1) is 0 Å². The zero-order chi connectivity index (χ0) is 28.9. The molecule has 0 unspecified atom stereocenters. The third-order valence-corrected chi connectivity index (χ3v) is 6.82. The van der Waals surface area contributed by atoms with Crippen molar-refractivity contribution >= 4 is 40.6 Å². The molecule has 1 aromatic heterocycles. The number of halogens is 1. The van der Waals surface area contributed by atoms with Crippen LogP contribution < -0.4 is 19.6 Å². The van der Waals surface area contributed by atoms with E-state index < -0.39 is 11.9 Å². The summed E-state index contributed by atoms with van der Waals surface area (Å²) < 4.78 is 16.1. The number of hydrogen-bond donors (Lipinski definition) is 2. The van der Waals surface area contributed by atoms with Gasteiger partial charge in [-0.25, -0.2) is 10.2 Å². The Kier molecular flexibility index (Phi) is 8.03. The Morgan fingerprint density at radius 1 is 0.902 bits per heavy atom. The van der Waals surface area contributed by atoms with Gasteiger partial charge in [0.05, 0.1) is 26.0 Å². The minimum absolute atomic E-state index is 0.235. The number of fused-ring (bicyclic) bond motifs is 1. The molecule has 0 aliphatic heterocycles. The first-order valence-electron chi connectivity index (χ1n) is 12.6. The number of methoxy groups -OCH3 is 2. The molecule has 0 atom stereocenters. The highest BCUT2D eigenvalue weighted by atomic mass is 35.5. The van der Waals surface area contributed by atoms with Gasteiger partial charge in [-0.3, -0.25) is 4.79 Å². The van der Waals surface area contributed by atoms with Crippen molar-refractivity contribution in [2.75, 3.05) is 14.2 Å². The van der Waals surface area contributed by atoms with Gasteiger partial charge in [-0.1, -0.05) is 54.1 Å². The van der Waals surface area contributed by atoms with Crippen molar-refractivity contribution in [1.29, 1.82) is 0 Å². The molecular weight excluding hydrogens is 542 g/mol. The Morgan fingerprint density at radius 3 is 2.49 bits per heavy atom. The van der Waals surface area contributed by atoms with Crippen LogP contribution in [-0.4, -0.2) is 37.3 Å². The number of aryl methyl sites for hydroxylation is 1. The molecular formula is C32H26ClN3O5. The molecule has 206 valence electrons. The van der Waals surface area contributed by atoms with Crippen LogP contribution in [0.4, 0.5) is 0 Å². The van der Waals surface area contributed by atoms with Crippen molar-refractivity contribution in [3.05, 3.63) is 112 Å². The lowest BCUT2D eigenvalue weighted by Crippen LogP contribution is -2.19. The van der Waals surface area contributed by atoms with Gasteiger partial charge in [0.1, 0.15) is 11.4 Å². The van der Waals surface area contributed by atoms with Crippen molar-refractivity contribution in [2.24, 2.45) is 5.10 Å². The number of ether oxygens (including phenoxy) is 3. The van der Waals surface area contributed by atoms with E-state index in [0.29, 0.717) is 38.9 Å². The fraction of sp³-hybridized carbons (Fsp3) is 0.0938. The number of carbonyl (C=O) groups is 2. The number of nitrogens with zero attached hydrogens (tertiary/aromatic N) is 1. The zero-order valence-electron chi connectivity index (χ0n) is 22.5. The number of hydrazone groups is 1. The van der Waals surface area contributed by atoms with Crippen LogP contribution in [0.25, 0.3) is 22.0 Å². The standard InChI is InChI=1S/C32H26ClN3O5/c1-19-8-6-12-24-28(23-11-4-5-13-25(23)33)30(35-29(19)24)31(37)36-34-18-20-14-15-26(27(16-20)40-3)41-32(38)21-9-7-10-22(17-21)39-2/h4-18,35H,1-3H3,(H,36,37). The molecule has 5 rings (SSSR count). The summed E-state index contributed by atoms with van der Waals surface area (Å²) in [7, 11) is 2.99. The van der Waals surface area contributed by atoms with E-state index in [1.165, 1.54) is 20.4 Å². The number of H-pyrrole nitrogens is 1. The van der Waals surface area contributed by atoms with Gasteiger partial charge in [0.15, 0.2) is 11.5 Å². The second kappa shape index (κ2) is 12.0. The molecule has 1 amide bonds. The van der Waals surface area contributed by atoms with Gasteiger partial charge in [-0.05, 0) is 60.5 Å². The second-order valence-electron chi connectivity index (χ2n) is 9.08. The van der Waals surface area contributed by atoms with Crippen molar-refractivity contribution in [2.45, 2.75) is 6.92 Å². The van der Waals surface area contributed by atoms with E-state index >= 15 is 0 Å². The summed E-state index contributed by atoms with van der Waals surface area (Å²) in [5.41, 5.74) is 7.17. The molecule has 2 N–H and O–H groups in total. The van der Waals surface area contributed by atoms with Crippen LogP contribution in [0.3, 0.4) is 0 Å². The number of esters is 1. The van der Waals surface area contributed by atoms with Crippen LogP contribution >= 0.6 is 11.6 Å². The summed E-state index contributed by atoms with van der Waals surface area (Å²) in [5, 5.41) is 5.56. The van der Waals surface area contributed by atoms with Gasteiger partial charge in [0.25, 0.3) is 5.91 Å². The number of benzene rings is 4. The maximum Gasteiger partial charge on any atom is 0.343 e. The van der Waals surface area contributed by atoms with E-state index in [1.54, 1.807) is 48.5 Å². The molecule has 9 heteroatoms. The maximum atomic E-state index is 13.3. The Labute approximate surface area is 241 Å². The molecule has 0 bridgehead atoms. The summed E-state index contributed by atoms with van der Waals surface area (Å²) in [6, 6.07) is 24.8. The molecule has 0 saturated carbocycles. The summed E-state index contributed by atoms with van der Waals surface area (Å²) in [6.07, 6.45) is 1.47. The lowest BCUT2D eigenvalue weighted by Gasteiger charge is -2.10. The average molecular weight is 568 g/mol. The third kappa shape index (κ3) is 5.78. The molecule has 0 fully saturated rings. The van der Waals surface area contributed by atoms with Crippen molar-refractivity contribution in [3.63, 3.8) is 0 Å². The minimum atomic E-state index is -0.557. The fourth-order valence-corrected chi connectivity index (χ4v) is 4.69. The Morgan fingerprint density at radius 2 is 1.71 bits per heavy atom. The molecule has 0 spiro atoms. The van der Waals surface area contributed by atoms with Crippen molar-refractivity contribution in [3.8, 4) is 28.4 Å². The second-order valence-corrected chi connectivity index (χ2v) is 9.49. The van der Waals surface area contributed by atoms with E-state index in [2.05, 4.69) is 15.5 Å². The number of amides is 1. The van der Waals surface area contributed by atoms with Crippen LogP contribution in [0, 0.1) is 6.92 Å². The maximum absolute atomic E-state index is 13.3. The molecule has 5 aromatic rings.